The molecule has 2 aromatic heterocycles. The van der Waals surface area contributed by atoms with Crippen LogP contribution in [0.4, 0.5) is 5.69 Å². The van der Waals surface area contributed by atoms with Gasteiger partial charge in [0.2, 0.25) is 11.7 Å². The number of nitrogens with one attached hydrogen (secondary N) is 1. The first-order chi connectivity index (χ1) is 11.9. The monoisotopic (exact) mass is 333 g/mol. The Hall–Kier alpha value is -2.66. The van der Waals surface area contributed by atoms with E-state index in [0.29, 0.717) is 18.3 Å². The normalized spacial score (nSPS) is 12.8. The van der Waals surface area contributed by atoms with Gasteiger partial charge < -0.3 is 9.84 Å². The highest BCUT2D eigenvalue weighted by molar-refractivity contribution is 7.13. The van der Waals surface area contributed by atoms with Gasteiger partial charge in [-0.05, 0) is 46.9 Å². The van der Waals surface area contributed by atoms with Crippen LogP contribution in [0, 0.1) is 0 Å². The molecule has 0 bridgehead atoms. The molecule has 0 atom stereocenters. The molecule has 5 heteroatoms. The molecule has 4 nitrogen and oxygen atoms in total. The van der Waals surface area contributed by atoms with Gasteiger partial charge in [-0.2, -0.15) is 4.98 Å². The summed E-state index contributed by atoms with van der Waals surface area (Å²) >= 11 is 1.61. The van der Waals surface area contributed by atoms with E-state index in [4.69, 9.17) is 4.52 Å². The van der Waals surface area contributed by atoms with Crippen LogP contribution in [0.2, 0.25) is 0 Å². The lowest BCUT2D eigenvalue weighted by Gasteiger charge is -2.10. The predicted octanol–water partition coefficient (Wildman–Crippen LogP) is 4.66. The van der Waals surface area contributed by atoms with Crippen LogP contribution in [-0.2, 0) is 19.4 Å². The van der Waals surface area contributed by atoms with E-state index in [2.05, 4.69) is 45.8 Å². The number of aromatic nitrogens is 2. The number of benzene rings is 2. The third-order valence-electron chi connectivity index (χ3n) is 4.52. The van der Waals surface area contributed by atoms with Crippen molar-refractivity contribution < 1.29 is 4.52 Å². The van der Waals surface area contributed by atoms with Crippen molar-refractivity contribution in [2.24, 2.45) is 0 Å². The number of thiophene rings is 1. The van der Waals surface area contributed by atoms with Gasteiger partial charge in [0.25, 0.3) is 0 Å². The zero-order valence-corrected chi connectivity index (χ0v) is 13.8. The van der Waals surface area contributed by atoms with Crippen molar-refractivity contribution >= 4 is 27.8 Å². The molecule has 24 heavy (non-hydrogen) atoms. The molecule has 1 N–H and O–H groups in total. The average Bonchev–Trinajstić information content (AvgIpc) is 3.35. The van der Waals surface area contributed by atoms with Gasteiger partial charge in [-0.1, -0.05) is 35.5 Å². The van der Waals surface area contributed by atoms with Crippen molar-refractivity contribution in [3.05, 3.63) is 64.9 Å². The second kappa shape index (κ2) is 5.46. The van der Waals surface area contributed by atoms with E-state index in [1.807, 2.05) is 17.5 Å². The Balaban J connectivity index is 1.42. The summed E-state index contributed by atoms with van der Waals surface area (Å²) in [5.41, 5.74) is 4.02. The van der Waals surface area contributed by atoms with Crippen LogP contribution < -0.4 is 5.32 Å². The first kappa shape index (κ1) is 13.7. The third-order valence-corrected chi connectivity index (χ3v) is 5.38. The van der Waals surface area contributed by atoms with E-state index >= 15 is 0 Å². The smallest absolute Gasteiger partial charge is 0.246 e. The van der Waals surface area contributed by atoms with Crippen molar-refractivity contribution in [1.82, 2.24) is 10.1 Å². The first-order valence-electron chi connectivity index (χ1n) is 8.02. The highest BCUT2D eigenvalue weighted by Crippen LogP contribution is 2.35. The quantitative estimate of drug-likeness (QED) is 0.590. The van der Waals surface area contributed by atoms with Gasteiger partial charge in [-0.25, -0.2) is 0 Å². The van der Waals surface area contributed by atoms with Crippen LogP contribution in [0.1, 0.15) is 17.0 Å². The molecule has 0 unspecified atom stereocenters. The van der Waals surface area contributed by atoms with Crippen LogP contribution in [0.15, 0.2) is 52.4 Å². The number of anilines is 1. The Kier molecular flexibility index (Phi) is 3.13. The number of nitrogens with zero attached hydrogens (tertiary/aromatic N) is 2. The lowest BCUT2D eigenvalue weighted by molar-refractivity contribution is 0.384. The Morgan fingerprint density at radius 2 is 1.96 bits per heavy atom. The molecule has 0 saturated carbocycles. The fourth-order valence-electron chi connectivity index (χ4n) is 3.40. The molecular formula is C19H15N3OS. The largest absolute Gasteiger partial charge is 0.376 e. The number of hydrogen-bond acceptors (Lipinski definition) is 5. The van der Waals surface area contributed by atoms with Gasteiger partial charge in [-0.3, -0.25) is 0 Å². The number of rotatable bonds is 4. The lowest BCUT2D eigenvalue weighted by Crippen LogP contribution is -2.00. The maximum atomic E-state index is 5.37. The summed E-state index contributed by atoms with van der Waals surface area (Å²) in [5, 5.41) is 12.2. The van der Waals surface area contributed by atoms with Gasteiger partial charge in [0.05, 0.1) is 11.4 Å². The predicted molar refractivity (Wildman–Crippen MR) is 96.3 cm³/mol. The first-order valence-corrected chi connectivity index (χ1v) is 8.90. The number of hydrogen-bond donors (Lipinski definition) is 1. The molecule has 118 valence electrons. The molecule has 0 spiro atoms. The molecule has 0 fully saturated rings. The standard InChI is InChI=1S/C19H15N3OS/c1-3-12-6-7-13-8-9-15(14(4-1)18(12)13)20-11-17-21-19(22-23-17)16-5-2-10-24-16/h1-5,8-10,20H,6-7,11H2. The van der Waals surface area contributed by atoms with E-state index in [-0.39, 0.29) is 0 Å². The summed E-state index contributed by atoms with van der Waals surface area (Å²) in [6, 6.07) is 14.9. The molecule has 1 aliphatic carbocycles. The molecule has 4 aromatic rings. The fraction of sp³-hybridized carbons (Fsp3) is 0.158. The van der Waals surface area contributed by atoms with Crippen LogP contribution in [0.3, 0.4) is 0 Å². The average molecular weight is 333 g/mol. The minimum atomic E-state index is 0.525. The molecule has 0 aliphatic heterocycles. The molecule has 2 heterocycles. The molecule has 2 aromatic carbocycles. The van der Waals surface area contributed by atoms with Crippen molar-refractivity contribution in [2.45, 2.75) is 19.4 Å². The minimum absolute atomic E-state index is 0.525. The van der Waals surface area contributed by atoms with E-state index < -0.39 is 0 Å². The zero-order valence-electron chi connectivity index (χ0n) is 13.0. The van der Waals surface area contributed by atoms with Crippen molar-refractivity contribution in [1.29, 1.82) is 0 Å². The second-order valence-electron chi connectivity index (χ2n) is 5.95. The van der Waals surface area contributed by atoms with Crippen molar-refractivity contribution in [2.75, 3.05) is 5.32 Å². The Morgan fingerprint density at radius 3 is 2.83 bits per heavy atom. The van der Waals surface area contributed by atoms with Gasteiger partial charge in [0.1, 0.15) is 0 Å². The van der Waals surface area contributed by atoms with Gasteiger partial charge in [0, 0.05) is 11.1 Å². The SMILES string of the molecule is c1csc(-c2noc(CNc3ccc4c5c(cccc35)CC4)n2)c1. The fourth-order valence-corrected chi connectivity index (χ4v) is 4.05. The molecule has 1 aliphatic rings. The Labute approximate surface area is 143 Å². The third kappa shape index (κ3) is 2.20. The van der Waals surface area contributed by atoms with Gasteiger partial charge in [0.15, 0.2) is 0 Å². The summed E-state index contributed by atoms with van der Waals surface area (Å²) in [6.45, 7) is 0.525. The molecule has 0 radical (unpaired) electrons. The molecule has 5 rings (SSSR count). The van der Waals surface area contributed by atoms with E-state index in [1.54, 1.807) is 11.3 Å². The highest BCUT2D eigenvalue weighted by Gasteiger charge is 2.16. The van der Waals surface area contributed by atoms with Crippen molar-refractivity contribution in [3.63, 3.8) is 0 Å². The van der Waals surface area contributed by atoms with Gasteiger partial charge >= 0.3 is 0 Å². The molecule has 0 amide bonds. The molecule has 0 saturated heterocycles. The van der Waals surface area contributed by atoms with Crippen LogP contribution in [0.5, 0.6) is 0 Å². The maximum absolute atomic E-state index is 5.37. The summed E-state index contributed by atoms with van der Waals surface area (Å²) in [7, 11) is 0. The minimum Gasteiger partial charge on any atom is -0.376 e. The summed E-state index contributed by atoms with van der Waals surface area (Å²) in [5.74, 6) is 1.25. The Morgan fingerprint density at radius 1 is 1.04 bits per heavy atom. The van der Waals surface area contributed by atoms with Crippen molar-refractivity contribution in [3.8, 4) is 10.7 Å². The van der Waals surface area contributed by atoms with E-state index in [9.17, 15) is 0 Å². The topological polar surface area (TPSA) is 51.0 Å². The van der Waals surface area contributed by atoms with Crippen LogP contribution in [-0.4, -0.2) is 10.1 Å². The highest BCUT2D eigenvalue weighted by atomic mass is 32.1. The van der Waals surface area contributed by atoms with Crippen LogP contribution >= 0.6 is 11.3 Å². The second-order valence-corrected chi connectivity index (χ2v) is 6.90. The van der Waals surface area contributed by atoms with E-state index in [0.717, 1.165) is 23.4 Å². The maximum Gasteiger partial charge on any atom is 0.246 e. The lowest BCUT2D eigenvalue weighted by atomic mass is 10.0. The van der Waals surface area contributed by atoms with Gasteiger partial charge in [-0.15, -0.1) is 11.3 Å². The number of aryl methyl sites for hydroxylation is 2. The van der Waals surface area contributed by atoms with E-state index in [1.165, 1.54) is 21.9 Å². The molecular weight excluding hydrogens is 318 g/mol. The van der Waals surface area contributed by atoms with Crippen LogP contribution in [0.25, 0.3) is 21.5 Å². The summed E-state index contributed by atoms with van der Waals surface area (Å²) in [6.07, 6.45) is 2.29. The zero-order chi connectivity index (χ0) is 15.9. The Bertz CT molecular complexity index is 1010. The summed E-state index contributed by atoms with van der Waals surface area (Å²) in [4.78, 5) is 5.49. The summed E-state index contributed by atoms with van der Waals surface area (Å²) < 4.78 is 5.37.